The van der Waals surface area contributed by atoms with Gasteiger partial charge in [-0.15, -0.1) is 0 Å². The van der Waals surface area contributed by atoms with Crippen LogP contribution in [0.5, 0.6) is 0 Å². The predicted molar refractivity (Wildman–Crippen MR) is 83.5 cm³/mol. The van der Waals surface area contributed by atoms with Crippen molar-refractivity contribution in [2.24, 2.45) is 12.8 Å². The molecule has 1 heterocycles. The van der Waals surface area contributed by atoms with Crippen molar-refractivity contribution in [3.05, 3.63) is 53.1 Å². The molecular weight excluding hydrogens is 246 g/mol. The van der Waals surface area contributed by atoms with Crippen molar-refractivity contribution in [1.82, 2.24) is 9.55 Å². The fourth-order valence-corrected chi connectivity index (χ4v) is 2.67. The minimum absolute atomic E-state index is 0.514. The van der Waals surface area contributed by atoms with Crippen LogP contribution in [0.3, 0.4) is 0 Å². The molecule has 0 amide bonds. The third kappa shape index (κ3) is 1.82. The van der Waals surface area contributed by atoms with E-state index in [4.69, 9.17) is 10.7 Å². The van der Waals surface area contributed by atoms with Gasteiger partial charge in [-0.05, 0) is 36.6 Å². The lowest BCUT2D eigenvalue weighted by atomic mass is 10.0. The monoisotopic (exact) mass is 265 g/mol. The normalized spacial score (nSPS) is 11.2. The first-order valence-corrected chi connectivity index (χ1v) is 6.84. The molecule has 3 nitrogen and oxygen atoms in total. The van der Waals surface area contributed by atoms with Crippen molar-refractivity contribution >= 4 is 11.0 Å². The van der Waals surface area contributed by atoms with Gasteiger partial charge in [0.25, 0.3) is 0 Å². The molecule has 0 aliphatic rings. The molecule has 0 aliphatic carbocycles. The average Bonchev–Trinajstić information content (AvgIpc) is 2.79. The van der Waals surface area contributed by atoms with Crippen molar-refractivity contribution < 1.29 is 0 Å². The molecule has 3 aromatic rings. The Morgan fingerprint density at radius 1 is 1.10 bits per heavy atom. The molecule has 2 aromatic carbocycles. The molecule has 2 N–H and O–H groups in total. The standard InChI is InChI=1S/C17H19N3/c1-11-6-4-8-14(12(11)2)17-19-16-13(10-18)7-5-9-15(16)20(17)3/h4-9H,10,18H2,1-3H3. The Hall–Kier alpha value is -2.13. The molecular formula is C17H19N3. The van der Waals surface area contributed by atoms with Gasteiger partial charge in [-0.3, -0.25) is 0 Å². The number of rotatable bonds is 2. The predicted octanol–water partition coefficient (Wildman–Crippen LogP) is 3.32. The highest BCUT2D eigenvalue weighted by Gasteiger charge is 2.14. The van der Waals surface area contributed by atoms with Gasteiger partial charge in [-0.1, -0.05) is 30.3 Å². The molecule has 0 saturated heterocycles. The van der Waals surface area contributed by atoms with Gasteiger partial charge in [0, 0.05) is 19.2 Å². The largest absolute Gasteiger partial charge is 0.327 e. The van der Waals surface area contributed by atoms with Gasteiger partial charge in [-0.25, -0.2) is 4.98 Å². The van der Waals surface area contributed by atoms with Crippen molar-refractivity contribution in [3.8, 4) is 11.4 Å². The number of hydrogen-bond acceptors (Lipinski definition) is 2. The van der Waals surface area contributed by atoms with Gasteiger partial charge >= 0.3 is 0 Å². The molecule has 0 spiro atoms. The quantitative estimate of drug-likeness (QED) is 0.772. The second-order valence-electron chi connectivity index (χ2n) is 5.23. The first-order chi connectivity index (χ1) is 9.63. The van der Waals surface area contributed by atoms with Crippen LogP contribution in [-0.4, -0.2) is 9.55 Å². The Morgan fingerprint density at radius 3 is 2.60 bits per heavy atom. The molecule has 102 valence electrons. The Kier molecular flexibility index (Phi) is 3.07. The van der Waals surface area contributed by atoms with Crippen LogP contribution < -0.4 is 5.73 Å². The maximum atomic E-state index is 5.82. The van der Waals surface area contributed by atoms with Crippen molar-refractivity contribution in [2.75, 3.05) is 0 Å². The first-order valence-electron chi connectivity index (χ1n) is 6.84. The van der Waals surface area contributed by atoms with Crippen molar-refractivity contribution in [1.29, 1.82) is 0 Å². The Bertz CT molecular complexity index is 784. The molecule has 0 radical (unpaired) electrons. The fraction of sp³-hybridized carbons (Fsp3) is 0.235. The second-order valence-corrected chi connectivity index (χ2v) is 5.23. The number of imidazole rings is 1. The van der Waals surface area contributed by atoms with Gasteiger partial charge in [0.05, 0.1) is 11.0 Å². The van der Waals surface area contributed by atoms with E-state index >= 15 is 0 Å². The van der Waals surface area contributed by atoms with Crippen LogP contribution in [0, 0.1) is 13.8 Å². The summed E-state index contributed by atoms with van der Waals surface area (Å²) in [5.74, 6) is 1.00. The highest BCUT2D eigenvalue weighted by atomic mass is 15.1. The molecule has 1 aromatic heterocycles. The number of aryl methyl sites for hydroxylation is 2. The maximum absolute atomic E-state index is 5.82. The maximum Gasteiger partial charge on any atom is 0.141 e. The topological polar surface area (TPSA) is 43.8 Å². The third-order valence-electron chi connectivity index (χ3n) is 4.06. The summed E-state index contributed by atoms with van der Waals surface area (Å²) in [4.78, 5) is 4.84. The number of fused-ring (bicyclic) bond motifs is 1. The fourth-order valence-electron chi connectivity index (χ4n) is 2.67. The number of para-hydroxylation sites is 1. The zero-order chi connectivity index (χ0) is 14.3. The van der Waals surface area contributed by atoms with E-state index < -0.39 is 0 Å². The van der Waals surface area contributed by atoms with Crippen LogP contribution in [0.1, 0.15) is 16.7 Å². The van der Waals surface area contributed by atoms with Crippen LogP contribution in [0.25, 0.3) is 22.4 Å². The van der Waals surface area contributed by atoms with Crippen LogP contribution in [0.2, 0.25) is 0 Å². The highest BCUT2D eigenvalue weighted by Crippen LogP contribution is 2.28. The molecule has 0 unspecified atom stereocenters. The summed E-state index contributed by atoms with van der Waals surface area (Å²) in [6.07, 6.45) is 0. The van der Waals surface area contributed by atoms with Crippen LogP contribution in [0.4, 0.5) is 0 Å². The Labute approximate surface area is 119 Å². The van der Waals surface area contributed by atoms with Gasteiger partial charge in [0.2, 0.25) is 0 Å². The van der Waals surface area contributed by atoms with E-state index in [-0.39, 0.29) is 0 Å². The van der Waals surface area contributed by atoms with Gasteiger partial charge in [0.15, 0.2) is 0 Å². The molecule has 0 aliphatic heterocycles. The Balaban J connectivity index is 2.32. The van der Waals surface area contributed by atoms with E-state index in [2.05, 4.69) is 49.7 Å². The average molecular weight is 265 g/mol. The van der Waals surface area contributed by atoms with Crippen LogP contribution in [0.15, 0.2) is 36.4 Å². The van der Waals surface area contributed by atoms with Crippen molar-refractivity contribution in [3.63, 3.8) is 0 Å². The molecule has 0 atom stereocenters. The van der Waals surface area contributed by atoms with Crippen LogP contribution in [-0.2, 0) is 13.6 Å². The zero-order valence-electron chi connectivity index (χ0n) is 12.1. The number of nitrogens with two attached hydrogens (primary N) is 1. The smallest absolute Gasteiger partial charge is 0.141 e. The van der Waals surface area contributed by atoms with E-state index in [0.717, 1.165) is 22.4 Å². The van der Waals surface area contributed by atoms with E-state index in [9.17, 15) is 0 Å². The molecule has 0 fully saturated rings. The van der Waals surface area contributed by atoms with Crippen LogP contribution >= 0.6 is 0 Å². The SMILES string of the molecule is Cc1cccc(-c2nc3c(CN)cccc3n2C)c1C. The van der Waals surface area contributed by atoms with E-state index in [1.165, 1.54) is 16.7 Å². The molecule has 0 saturated carbocycles. The first kappa shape index (κ1) is 12.9. The Morgan fingerprint density at radius 2 is 1.85 bits per heavy atom. The third-order valence-corrected chi connectivity index (χ3v) is 4.06. The number of hydrogen-bond donors (Lipinski definition) is 1. The summed E-state index contributed by atoms with van der Waals surface area (Å²) in [5.41, 5.74) is 12.8. The summed E-state index contributed by atoms with van der Waals surface area (Å²) in [5, 5.41) is 0. The summed E-state index contributed by atoms with van der Waals surface area (Å²) in [6, 6.07) is 12.5. The van der Waals surface area contributed by atoms with Crippen molar-refractivity contribution in [2.45, 2.75) is 20.4 Å². The summed E-state index contributed by atoms with van der Waals surface area (Å²) in [7, 11) is 2.06. The highest BCUT2D eigenvalue weighted by molar-refractivity contribution is 5.84. The van der Waals surface area contributed by atoms with E-state index in [1.807, 2.05) is 12.1 Å². The van der Waals surface area contributed by atoms with E-state index in [0.29, 0.717) is 6.54 Å². The lowest BCUT2D eigenvalue weighted by molar-refractivity contribution is 0.956. The molecule has 0 bridgehead atoms. The molecule has 20 heavy (non-hydrogen) atoms. The minimum atomic E-state index is 0.514. The summed E-state index contributed by atoms with van der Waals surface area (Å²) in [6.45, 7) is 4.79. The second kappa shape index (κ2) is 4.76. The number of nitrogens with zero attached hydrogens (tertiary/aromatic N) is 2. The zero-order valence-corrected chi connectivity index (χ0v) is 12.1. The van der Waals surface area contributed by atoms with Gasteiger partial charge < -0.3 is 10.3 Å². The van der Waals surface area contributed by atoms with Gasteiger partial charge in [0.1, 0.15) is 5.82 Å². The lowest BCUT2D eigenvalue weighted by Crippen LogP contribution is -1.97. The number of benzene rings is 2. The molecule has 3 heteroatoms. The molecule has 3 rings (SSSR count). The summed E-state index contributed by atoms with van der Waals surface area (Å²) < 4.78 is 2.15. The van der Waals surface area contributed by atoms with Gasteiger partial charge in [-0.2, -0.15) is 0 Å². The minimum Gasteiger partial charge on any atom is -0.327 e. The number of aromatic nitrogens is 2. The lowest BCUT2D eigenvalue weighted by Gasteiger charge is -2.08. The van der Waals surface area contributed by atoms with E-state index in [1.54, 1.807) is 0 Å². The summed E-state index contributed by atoms with van der Waals surface area (Å²) >= 11 is 0.